The molecule has 132 valence electrons. The van der Waals surface area contributed by atoms with E-state index in [4.69, 9.17) is 4.74 Å². The van der Waals surface area contributed by atoms with Gasteiger partial charge in [0.2, 0.25) is 0 Å². The van der Waals surface area contributed by atoms with Crippen LogP contribution in [0.2, 0.25) is 0 Å². The topological polar surface area (TPSA) is 26.3 Å². The Balaban J connectivity index is 1.95. The van der Waals surface area contributed by atoms with E-state index in [1.54, 1.807) is 11.8 Å². The number of carbonyl (C=O) groups is 1. The smallest absolute Gasteiger partial charge is 0.314 e. The number of ether oxygens (including phenoxy) is 1. The molecule has 0 saturated carbocycles. The molecule has 0 N–H and O–H groups in total. The van der Waals surface area contributed by atoms with Gasteiger partial charge < -0.3 is 4.74 Å². The fraction of sp³-hybridized carbons (Fsp3) is 0.174. The summed E-state index contributed by atoms with van der Waals surface area (Å²) in [4.78, 5) is 12.7. The maximum atomic E-state index is 12.7. The molecule has 0 bridgehead atoms. The van der Waals surface area contributed by atoms with E-state index in [2.05, 4.69) is 24.3 Å². The highest BCUT2D eigenvalue weighted by molar-refractivity contribution is 7.98. The van der Waals surface area contributed by atoms with Crippen LogP contribution in [0.1, 0.15) is 27.9 Å². The van der Waals surface area contributed by atoms with E-state index >= 15 is 0 Å². The first-order valence-corrected chi connectivity index (χ1v) is 9.67. The lowest BCUT2D eigenvalue weighted by Gasteiger charge is -2.26. The van der Waals surface area contributed by atoms with E-state index in [9.17, 15) is 4.79 Å². The third-order valence-corrected chi connectivity index (χ3v) is 5.72. The second kappa shape index (κ2) is 9.25. The molecule has 0 amide bonds. The fourth-order valence-electron chi connectivity index (χ4n) is 3.01. The molecule has 26 heavy (non-hydrogen) atoms. The van der Waals surface area contributed by atoms with E-state index in [0.29, 0.717) is 0 Å². The van der Waals surface area contributed by atoms with Crippen molar-refractivity contribution in [3.05, 3.63) is 108 Å². The molecule has 0 aromatic heterocycles. The first-order valence-electron chi connectivity index (χ1n) is 8.63. The Morgan fingerprint density at radius 1 is 0.808 bits per heavy atom. The van der Waals surface area contributed by atoms with E-state index in [-0.39, 0.29) is 17.1 Å². The monoisotopic (exact) mass is 362 g/mol. The first kappa shape index (κ1) is 18.3. The number of carbonyl (C=O) groups excluding carboxylic acids is 1. The first-order chi connectivity index (χ1) is 12.8. The van der Waals surface area contributed by atoms with Gasteiger partial charge in [-0.2, -0.15) is 0 Å². The zero-order valence-electron chi connectivity index (χ0n) is 14.7. The van der Waals surface area contributed by atoms with Crippen molar-refractivity contribution in [2.75, 3.05) is 7.11 Å². The summed E-state index contributed by atoms with van der Waals surface area (Å²) in [5.74, 6) is 0.281. The molecular formula is C23H22O2S. The van der Waals surface area contributed by atoms with Gasteiger partial charge in [0.25, 0.3) is 0 Å². The van der Waals surface area contributed by atoms with Crippen LogP contribution in [0.3, 0.4) is 0 Å². The van der Waals surface area contributed by atoms with Crippen molar-refractivity contribution in [3.8, 4) is 0 Å². The van der Waals surface area contributed by atoms with Crippen molar-refractivity contribution < 1.29 is 9.53 Å². The minimum atomic E-state index is -0.350. The third-order valence-electron chi connectivity index (χ3n) is 4.32. The second-order valence-corrected chi connectivity index (χ2v) is 7.17. The Kier molecular flexibility index (Phi) is 6.50. The number of hydrogen-bond acceptors (Lipinski definition) is 3. The average molecular weight is 362 g/mol. The molecule has 2 nitrogen and oxygen atoms in total. The maximum Gasteiger partial charge on any atom is 0.314 e. The lowest BCUT2D eigenvalue weighted by Crippen LogP contribution is -2.20. The summed E-state index contributed by atoms with van der Waals surface area (Å²) in [7, 11) is 1.46. The van der Waals surface area contributed by atoms with Crippen LogP contribution in [-0.2, 0) is 15.3 Å². The Bertz CT molecular complexity index is 803. The van der Waals surface area contributed by atoms with Crippen LogP contribution in [-0.4, -0.2) is 13.1 Å². The Morgan fingerprint density at radius 3 is 1.85 bits per heavy atom. The molecule has 0 radical (unpaired) electrons. The molecule has 0 saturated heterocycles. The third kappa shape index (κ3) is 4.55. The van der Waals surface area contributed by atoms with Crippen molar-refractivity contribution in [2.45, 2.75) is 16.9 Å². The molecule has 0 spiro atoms. The summed E-state index contributed by atoms with van der Waals surface area (Å²) in [6.45, 7) is 0. The quantitative estimate of drug-likeness (QED) is 0.510. The van der Waals surface area contributed by atoms with Crippen LogP contribution < -0.4 is 0 Å². The molecule has 3 aromatic carbocycles. The van der Waals surface area contributed by atoms with Crippen LogP contribution >= 0.6 is 11.8 Å². The molecule has 3 heteroatoms. The molecule has 2 atom stereocenters. The lowest BCUT2D eigenvalue weighted by molar-refractivity contribution is -0.142. The molecule has 0 fully saturated rings. The Hall–Kier alpha value is -2.52. The summed E-state index contributed by atoms with van der Waals surface area (Å²) in [5, 5.41) is -0.0220. The van der Waals surface area contributed by atoms with Crippen molar-refractivity contribution in [1.29, 1.82) is 0 Å². The van der Waals surface area contributed by atoms with Gasteiger partial charge in [0, 0.05) is 11.0 Å². The lowest BCUT2D eigenvalue weighted by atomic mass is 9.91. The number of esters is 1. The summed E-state index contributed by atoms with van der Waals surface area (Å²) < 4.78 is 5.17. The summed E-state index contributed by atoms with van der Waals surface area (Å²) in [5.41, 5.74) is 3.36. The largest absolute Gasteiger partial charge is 0.469 e. The van der Waals surface area contributed by atoms with Crippen LogP contribution in [0.5, 0.6) is 0 Å². The summed E-state index contributed by atoms with van der Waals surface area (Å²) >= 11 is 1.77. The molecule has 0 unspecified atom stereocenters. The maximum absolute atomic E-state index is 12.7. The number of methoxy groups -OCH3 is 1. The summed E-state index contributed by atoms with van der Waals surface area (Å²) in [6.07, 6.45) is 0. The van der Waals surface area contributed by atoms with Gasteiger partial charge in [-0.3, -0.25) is 4.79 Å². The molecule has 0 aliphatic carbocycles. The van der Waals surface area contributed by atoms with Crippen molar-refractivity contribution >= 4 is 17.7 Å². The zero-order valence-corrected chi connectivity index (χ0v) is 15.6. The number of hydrogen-bond donors (Lipinski definition) is 0. The molecular weight excluding hydrogens is 340 g/mol. The van der Waals surface area contributed by atoms with Gasteiger partial charge in [0.1, 0.15) is 0 Å². The molecule has 0 heterocycles. The van der Waals surface area contributed by atoms with E-state index in [0.717, 1.165) is 16.9 Å². The van der Waals surface area contributed by atoms with E-state index < -0.39 is 0 Å². The highest BCUT2D eigenvalue weighted by atomic mass is 32.2. The highest BCUT2D eigenvalue weighted by Crippen LogP contribution is 2.43. The van der Waals surface area contributed by atoms with Gasteiger partial charge >= 0.3 is 5.97 Å². The normalized spacial score (nSPS) is 13.0. The fourth-order valence-corrected chi connectivity index (χ4v) is 4.38. The van der Waals surface area contributed by atoms with Crippen LogP contribution in [0.4, 0.5) is 0 Å². The summed E-state index contributed by atoms with van der Waals surface area (Å²) in [6, 6.07) is 30.4. The minimum Gasteiger partial charge on any atom is -0.469 e. The number of rotatable bonds is 7. The van der Waals surface area contributed by atoms with Crippen LogP contribution in [0.15, 0.2) is 91.0 Å². The van der Waals surface area contributed by atoms with Gasteiger partial charge in [-0.1, -0.05) is 91.0 Å². The van der Waals surface area contributed by atoms with Gasteiger partial charge in [-0.25, -0.2) is 0 Å². The van der Waals surface area contributed by atoms with Gasteiger partial charge in [-0.05, 0) is 16.7 Å². The van der Waals surface area contributed by atoms with Crippen molar-refractivity contribution in [1.82, 2.24) is 0 Å². The van der Waals surface area contributed by atoms with Crippen LogP contribution in [0, 0.1) is 0 Å². The number of benzene rings is 3. The zero-order chi connectivity index (χ0) is 18.2. The Labute approximate surface area is 159 Å². The molecule has 3 rings (SSSR count). The Morgan fingerprint density at radius 2 is 1.31 bits per heavy atom. The van der Waals surface area contributed by atoms with Gasteiger partial charge in [-0.15, -0.1) is 11.8 Å². The van der Waals surface area contributed by atoms with E-state index in [1.807, 2.05) is 66.7 Å². The molecule has 0 aliphatic rings. The average Bonchev–Trinajstić information content (AvgIpc) is 2.72. The van der Waals surface area contributed by atoms with E-state index in [1.165, 1.54) is 12.7 Å². The van der Waals surface area contributed by atoms with Crippen molar-refractivity contribution in [2.24, 2.45) is 0 Å². The van der Waals surface area contributed by atoms with Gasteiger partial charge in [0.05, 0.1) is 13.0 Å². The molecule has 3 aromatic rings. The predicted octanol–water partition coefficient (Wildman–Crippen LogP) is 5.62. The highest BCUT2D eigenvalue weighted by Gasteiger charge is 2.32. The number of thioether (sulfide) groups is 1. The van der Waals surface area contributed by atoms with Crippen LogP contribution in [0.25, 0.3) is 0 Å². The van der Waals surface area contributed by atoms with Gasteiger partial charge in [0.15, 0.2) is 0 Å². The minimum absolute atomic E-state index is 0.0220. The predicted molar refractivity (Wildman–Crippen MR) is 108 cm³/mol. The SMILES string of the molecule is COC(=O)[C@H](c1ccccc1)[C@H](SCc1ccccc1)c1ccccc1. The standard InChI is InChI=1S/C23H22O2S/c1-25-23(24)21(19-13-7-3-8-14-19)22(20-15-9-4-10-16-20)26-17-18-11-5-2-6-12-18/h2-16,21-22H,17H2,1H3/t21-,22-/m1/s1. The second-order valence-electron chi connectivity index (χ2n) is 6.04. The molecule has 0 aliphatic heterocycles. The van der Waals surface area contributed by atoms with Crippen molar-refractivity contribution in [3.63, 3.8) is 0 Å².